The number of nitrogens with one attached hydrogen (secondary N) is 2. The van der Waals surface area contributed by atoms with Crippen molar-refractivity contribution in [3.8, 4) is 5.75 Å². The van der Waals surface area contributed by atoms with Crippen LogP contribution in [-0.4, -0.2) is 23.8 Å². The van der Waals surface area contributed by atoms with Crippen LogP contribution in [0.2, 0.25) is 0 Å². The van der Waals surface area contributed by atoms with Gasteiger partial charge < -0.3 is 15.0 Å². The van der Waals surface area contributed by atoms with Crippen LogP contribution in [0.5, 0.6) is 5.75 Å². The first kappa shape index (κ1) is 13.9. The molecule has 1 aromatic heterocycles. The Bertz CT molecular complexity index is 659. The highest BCUT2D eigenvalue weighted by atomic mass is 16.5. The lowest BCUT2D eigenvalue weighted by molar-refractivity contribution is -0.114. The molecule has 0 saturated carbocycles. The Morgan fingerprint density at radius 1 is 1.20 bits per heavy atom. The average molecular weight is 272 g/mol. The fraction of sp³-hybridized carbons (Fsp3) is 0.200. The largest absolute Gasteiger partial charge is 0.495 e. The lowest BCUT2D eigenvalue weighted by atomic mass is 10.1. The molecule has 1 heterocycles. The SMILES string of the molecule is COc1cccc(C(=O)c2ccc(C)[nH]2)c1NC(C)=O. The number of ether oxygens (including phenoxy) is 1. The standard InChI is InChI=1S/C15H16N2O3/c1-9-7-8-12(16-9)15(19)11-5-4-6-13(20-3)14(11)17-10(2)18/h4-8,16H,1-3H3,(H,17,18). The van der Waals surface area contributed by atoms with Gasteiger partial charge in [0.05, 0.1) is 24.1 Å². The first-order chi connectivity index (χ1) is 9.52. The summed E-state index contributed by atoms with van der Waals surface area (Å²) in [6.45, 7) is 3.26. The third kappa shape index (κ3) is 2.71. The lowest BCUT2D eigenvalue weighted by Gasteiger charge is -2.13. The molecule has 0 aliphatic rings. The molecule has 0 atom stereocenters. The van der Waals surface area contributed by atoms with Gasteiger partial charge in [-0.1, -0.05) is 6.07 Å². The van der Waals surface area contributed by atoms with Crippen LogP contribution in [0.25, 0.3) is 0 Å². The predicted octanol–water partition coefficient (Wildman–Crippen LogP) is 2.52. The van der Waals surface area contributed by atoms with Crippen LogP contribution in [0, 0.1) is 6.92 Å². The number of ketones is 1. The average Bonchev–Trinajstić information content (AvgIpc) is 2.84. The van der Waals surface area contributed by atoms with Crippen molar-refractivity contribution < 1.29 is 14.3 Å². The maximum atomic E-state index is 12.5. The number of hydrogen-bond acceptors (Lipinski definition) is 3. The van der Waals surface area contributed by atoms with Crippen LogP contribution in [0.4, 0.5) is 5.69 Å². The van der Waals surface area contributed by atoms with Gasteiger partial charge in [-0.15, -0.1) is 0 Å². The van der Waals surface area contributed by atoms with Gasteiger partial charge in [0, 0.05) is 12.6 Å². The number of amides is 1. The van der Waals surface area contributed by atoms with E-state index in [1.165, 1.54) is 14.0 Å². The molecular formula is C15H16N2O3. The Labute approximate surface area is 117 Å². The van der Waals surface area contributed by atoms with Crippen LogP contribution in [0.3, 0.4) is 0 Å². The monoisotopic (exact) mass is 272 g/mol. The predicted molar refractivity (Wildman–Crippen MR) is 76.3 cm³/mol. The van der Waals surface area contributed by atoms with Crippen LogP contribution >= 0.6 is 0 Å². The van der Waals surface area contributed by atoms with Crippen molar-refractivity contribution in [3.63, 3.8) is 0 Å². The number of hydrogen-bond donors (Lipinski definition) is 2. The summed E-state index contributed by atoms with van der Waals surface area (Å²) in [7, 11) is 1.49. The molecule has 1 aromatic carbocycles. The third-order valence-electron chi connectivity index (χ3n) is 2.87. The van der Waals surface area contributed by atoms with Crippen LogP contribution in [-0.2, 0) is 4.79 Å². The van der Waals surface area contributed by atoms with E-state index >= 15 is 0 Å². The van der Waals surface area contributed by atoms with Gasteiger partial charge in [0.15, 0.2) is 0 Å². The fourth-order valence-electron chi connectivity index (χ4n) is 1.98. The zero-order chi connectivity index (χ0) is 14.7. The minimum Gasteiger partial charge on any atom is -0.495 e. The zero-order valence-corrected chi connectivity index (χ0v) is 11.6. The number of methoxy groups -OCH3 is 1. The van der Waals surface area contributed by atoms with E-state index < -0.39 is 0 Å². The number of H-pyrrole nitrogens is 1. The lowest BCUT2D eigenvalue weighted by Crippen LogP contribution is -2.13. The molecule has 2 rings (SSSR count). The number of carbonyl (C=O) groups is 2. The zero-order valence-electron chi connectivity index (χ0n) is 11.6. The molecule has 0 aliphatic heterocycles. The summed E-state index contributed by atoms with van der Waals surface area (Å²) in [5.41, 5.74) is 2.15. The number of aromatic amines is 1. The topological polar surface area (TPSA) is 71.2 Å². The van der Waals surface area contributed by atoms with Gasteiger partial charge in [-0.3, -0.25) is 9.59 Å². The van der Waals surface area contributed by atoms with E-state index in [0.29, 0.717) is 22.7 Å². The van der Waals surface area contributed by atoms with Crippen LogP contribution in [0.15, 0.2) is 30.3 Å². The van der Waals surface area contributed by atoms with E-state index in [1.807, 2.05) is 13.0 Å². The van der Waals surface area contributed by atoms with Crippen molar-refractivity contribution >= 4 is 17.4 Å². The summed E-state index contributed by atoms with van der Waals surface area (Å²) < 4.78 is 5.20. The van der Waals surface area contributed by atoms with E-state index in [2.05, 4.69) is 10.3 Å². The Hall–Kier alpha value is -2.56. The molecule has 5 nitrogen and oxygen atoms in total. The summed E-state index contributed by atoms with van der Waals surface area (Å²) in [6, 6.07) is 8.61. The molecule has 2 aromatic rings. The van der Waals surface area contributed by atoms with Gasteiger partial charge in [0.1, 0.15) is 5.75 Å². The second-order valence-electron chi connectivity index (χ2n) is 4.45. The van der Waals surface area contributed by atoms with E-state index in [-0.39, 0.29) is 11.7 Å². The smallest absolute Gasteiger partial charge is 0.221 e. The molecule has 0 aliphatic carbocycles. The summed E-state index contributed by atoms with van der Waals surface area (Å²) in [5.74, 6) is 0.00120. The number of para-hydroxylation sites is 1. The van der Waals surface area contributed by atoms with E-state index in [1.54, 1.807) is 24.3 Å². The number of aromatic nitrogens is 1. The molecule has 0 saturated heterocycles. The summed E-state index contributed by atoms with van der Waals surface area (Å²) in [4.78, 5) is 26.8. The van der Waals surface area contributed by atoms with Gasteiger partial charge in [0.2, 0.25) is 11.7 Å². The highest BCUT2D eigenvalue weighted by Gasteiger charge is 2.18. The Kier molecular flexibility index (Phi) is 3.89. The Balaban J connectivity index is 2.50. The molecule has 0 spiro atoms. The van der Waals surface area contributed by atoms with E-state index in [4.69, 9.17) is 4.74 Å². The van der Waals surface area contributed by atoms with Gasteiger partial charge in [-0.2, -0.15) is 0 Å². The first-order valence-corrected chi connectivity index (χ1v) is 6.18. The van der Waals surface area contributed by atoms with Crippen molar-refractivity contribution in [1.29, 1.82) is 0 Å². The van der Waals surface area contributed by atoms with Gasteiger partial charge in [-0.05, 0) is 31.2 Å². The minimum atomic E-state index is -0.258. The normalized spacial score (nSPS) is 10.2. The van der Waals surface area contributed by atoms with Gasteiger partial charge >= 0.3 is 0 Å². The van der Waals surface area contributed by atoms with Crippen molar-refractivity contribution in [2.45, 2.75) is 13.8 Å². The number of rotatable bonds is 4. The van der Waals surface area contributed by atoms with Crippen molar-refractivity contribution in [2.24, 2.45) is 0 Å². The number of carbonyl (C=O) groups excluding carboxylic acids is 2. The van der Waals surface area contributed by atoms with E-state index in [9.17, 15) is 9.59 Å². The van der Waals surface area contributed by atoms with Crippen molar-refractivity contribution in [1.82, 2.24) is 4.98 Å². The van der Waals surface area contributed by atoms with Crippen LogP contribution < -0.4 is 10.1 Å². The van der Waals surface area contributed by atoms with Gasteiger partial charge in [-0.25, -0.2) is 0 Å². The third-order valence-corrected chi connectivity index (χ3v) is 2.87. The highest BCUT2D eigenvalue weighted by molar-refractivity contribution is 6.13. The van der Waals surface area contributed by atoms with Crippen molar-refractivity contribution in [3.05, 3.63) is 47.3 Å². The quantitative estimate of drug-likeness (QED) is 0.840. The molecule has 0 radical (unpaired) electrons. The fourth-order valence-corrected chi connectivity index (χ4v) is 1.98. The summed E-state index contributed by atoms with van der Waals surface area (Å²) in [5, 5.41) is 2.65. The number of aryl methyl sites for hydroxylation is 1. The molecule has 2 N–H and O–H groups in total. The maximum Gasteiger partial charge on any atom is 0.221 e. The summed E-state index contributed by atoms with van der Waals surface area (Å²) >= 11 is 0. The molecule has 1 amide bonds. The highest BCUT2D eigenvalue weighted by Crippen LogP contribution is 2.30. The van der Waals surface area contributed by atoms with Gasteiger partial charge in [0.25, 0.3) is 0 Å². The minimum absolute atomic E-state index is 0.194. The molecular weight excluding hydrogens is 256 g/mol. The Morgan fingerprint density at radius 3 is 2.50 bits per heavy atom. The second kappa shape index (κ2) is 5.61. The second-order valence-corrected chi connectivity index (χ2v) is 4.45. The molecule has 0 bridgehead atoms. The maximum absolute atomic E-state index is 12.5. The molecule has 0 fully saturated rings. The molecule has 20 heavy (non-hydrogen) atoms. The Morgan fingerprint density at radius 2 is 1.95 bits per heavy atom. The number of anilines is 1. The summed E-state index contributed by atoms with van der Waals surface area (Å²) in [6.07, 6.45) is 0. The number of benzene rings is 1. The van der Waals surface area contributed by atoms with Crippen LogP contribution in [0.1, 0.15) is 28.7 Å². The van der Waals surface area contributed by atoms with E-state index in [0.717, 1.165) is 5.69 Å². The first-order valence-electron chi connectivity index (χ1n) is 6.18. The molecule has 0 unspecified atom stereocenters. The van der Waals surface area contributed by atoms with Crippen molar-refractivity contribution in [2.75, 3.05) is 12.4 Å². The molecule has 104 valence electrons. The molecule has 5 heteroatoms.